The molecule has 0 unspecified atom stereocenters. The molecule has 0 spiro atoms. The molecule has 0 saturated heterocycles. The van der Waals surface area contributed by atoms with E-state index in [9.17, 15) is 0 Å². The van der Waals surface area contributed by atoms with Crippen molar-refractivity contribution in [2.45, 2.75) is 45.7 Å². The van der Waals surface area contributed by atoms with Crippen LogP contribution in [0, 0.1) is 5.92 Å². The lowest BCUT2D eigenvalue weighted by atomic mass is 10.3. The first-order chi connectivity index (χ1) is 8.90. The molecule has 1 aromatic heterocycles. The predicted molar refractivity (Wildman–Crippen MR) is 72.4 cm³/mol. The molecule has 0 amide bonds. The highest BCUT2D eigenvalue weighted by Crippen LogP contribution is 2.28. The van der Waals surface area contributed by atoms with Crippen LogP contribution in [0.4, 0.5) is 0 Å². The SMILES string of the molecule is CCCn1nccc1CNCCCOCC1CC1. The van der Waals surface area contributed by atoms with Crippen molar-refractivity contribution in [2.75, 3.05) is 19.8 Å². The van der Waals surface area contributed by atoms with Crippen LogP contribution in [0.5, 0.6) is 0 Å². The van der Waals surface area contributed by atoms with Crippen molar-refractivity contribution < 1.29 is 4.74 Å². The van der Waals surface area contributed by atoms with Crippen LogP contribution in [0.3, 0.4) is 0 Å². The number of hydrogen-bond donors (Lipinski definition) is 1. The maximum absolute atomic E-state index is 5.60. The molecule has 1 N–H and O–H groups in total. The van der Waals surface area contributed by atoms with Crippen LogP contribution in [0.2, 0.25) is 0 Å². The normalized spacial score (nSPS) is 15.2. The zero-order chi connectivity index (χ0) is 12.6. The summed E-state index contributed by atoms with van der Waals surface area (Å²) in [5.41, 5.74) is 1.27. The Hall–Kier alpha value is -0.870. The van der Waals surface area contributed by atoms with Gasteiger partial charge in [0.05, 0.1) is 5.69 Å². The van der Waals surface area contributed by atoms with Crippen molar-refractivity contribution in [3.05, 3.63) is 18.0 Å². The number of aryl methyl sites for hydroxylation is 1. The molecule has 0 radical (unpaired) electrons. The van der Waals surface area contributed by atoms with Gasteiger partial charge >= 0.3 is 0 Å². The summed E-state index contributed by atoms with van der Waals surface area (Å²) in [6.45, 7) is 6.97. The van der Waals surface area contributed by atoms with Gasteiger partial charge in [0.15, 0.2) is 0 Å². The molecule has 2 rings (SSSR count). The third kappa shape index (κ3) is 4.78. The Bertz CT molecular complexity index is 334. The molecule has 4 heteroatoms. The Morgan fingerprint density at radius 2 is 2.39 bits per heavy atom. The van der Waals surface area contributed by atoms with Gasteiger partial charge in [-0.2, -0.15) is 5.10 Å². The molecule has 1 heterocycles. The summed E-state index contributed by atoms with van der Waals surface area (Å²) in [6.07, 6.45) is 6.85. The quantitative estimate of drug-likeness (QED) is 0.648. The van der Waals surface area contributed by atoms with E-state index in [1.54, 1.807) is 0 Å². The molecular weight excluding hydrogens is 226 g/mol. The van der Waals surface area contributed by atoms with E-state index >= 15 is 0 Å². The fourth-order valence-corrected chi connectivity index (χ4v) is 1.97. The number of nitrogens with zero attached hydrogens (tertiary/aromatic N) is 2. The van der Waals surface area contributed by atoms with Crippen molar-refractivity contribution in [1.82, 2.24) is 15.1 Å². The summed E-state index contributed by atoms with van der Waals surface area (Å²) in [4.78, 5) is 0. The van der Waals surface area contributed by atoms with E-state index in [0.29, 0.717) is 0 Å². The number of hydrogen-bond acceptors (Lipinski definition) is 3. The predicted octanol–water partition coefficient (Wildman–Crippen LogP) is 2.20. The minimum atomic E-state index is 0.876. The van der Waals surface area contributed by atoms with Crippen molar-refractivity contribution in [1.29, 1.82) is 0 Å². The van der Waals surface area contributed by atoms with Gasteiger partial charge in [-0.15, -0.1) is 0 Å². The van der Waals surface area contributed by atoms with E-state index in [1.807, 2.05) is 6.20 Å². The molecular formula is C14H25N3O. The maximum atomic E-state index is 5.60. The molecule has 1 saturated carbocycles. The summed E-state index contributed by atoms with van der Waals surface area (Å²) in [5.74, 6) is 0.876. The lowest BCUT2D eigenvalue weighted by molar-refractivity contribution is 0.122. The monoisotopic (exact) mass is 251 g/mol. The Morgan fingerprint density at radius 1 is 1.50 bits per heavy atom. The van der Waals surface area contributed by atoms with Gasteiger partial charge in [0.25, 0.3) is 0 Å². The summed E-state index contributed by atoms with van der Waals surface area (Å²) >= 11 is 0. The lowest BCUT2D eigenvalue weighted by Gasteiger charge is -2.08. The van der Waals surface area contributed by atoms with Crippen molar-refractivity contribution in [3.8, 4) is 0 Å². The molecule has 0 aromatic carbocycles. The minimum Gasteiger partial charge on any atom is -0.381 e. The largest absolute Gasteiger partial charge is 0.381 e. The zero-order valence-electron chi connectivity index (χ0n) is 11.4. The van der Waals surface area contributed by atoms with Gasteiger partial charge in [0.2, 0.25) is 0 Å². The van der Waals surface area contributed by atoms with Crippen molar-refractivity contribution in [2.24, 2.45) is 5.92 Å². The molecule has 4 nitrogen and oxygen atoms in total. The van der Waals surface area contributed by atoms with Crippen molar-refractivity contribution in [3.63, 3.8) is 0 Å². The van der Waals surface area contributed by atoms with Crippen LogP contribution >= 0.6 is 0 Å². The topological polar surface area (TPSA) is 39.1 Å². The summed E-state index contributed by atoms with van der Waals surface area (Å²) in [7, 11) is 0. The first kappa shape index (κ1) is 13.6. The Balaban J connectivity index is 1.49. The standard InChI is InChI=1S/C14H25N3O/c1-2-9-17-14(6-8-16-17)11-15-7-3-10-18-12-13-4-5-13/h6,8,13,15H,2-5,7,9-12H2,1H3. The smallest absolute Gasteiger partial charge is 0.0522 e. The van der Waals surface area contributed by atoms with Crippen LogP contribution in [-0.4, -0.2) is 29.5 Å². The fourth-order valence-electron chi connectivity index (χ4n) is 1.97. The highest BCUT2D eigenvalue weighted by molar-refractivity contribution is 4.99. The molecule has 0 bridgehead atoms. The second-order valence-electron chi connectivity index (χ2n) is 5.09. The maximum Gasteiger partial charge on any atom is 0.0522 e. The van der Waals surface area contributed by atoms with E-state index in [-0.39, 0.29) is 0 Å². The van der Waals surface area contributed by atoms with E-state index in [1.165, 1.54) is 18.5 Å². The molecule has 1 aliphatic carbocycles. The Morgan fingerprint density at radius 3 is 3.17 bits per heavy atom. The third-order valence-electron chi connectivity index (χ3n) is 3.24. The summed E-state index contributed by atoms with van der Waals surface area (Å²) < 4.78 is 7.68. The average Bonchev–Trinajstić information content (AvgIpc) is 3.09. The molecule has 0 aliphatic heterocycles. The van der Waals surface area contributed by atoms with Crippen molar-refractivity contribution >= 4 is 0 Å². The minimum absolute atomic E-state index is 0.876. The molecule has 1 aromatic rings. The highest BCUT2D eigenvalue weighted by Gasteiger charge is 2.20. The third-order valence-corrected chi connectivity index (χ3v) is 3.24. The molecule has 1 aliphatic rings. The number of rotatable bonds is 10. The van der Waals surface area contributed by atoms with Gasteiger partial charge in [-0.05, 0) is 44.2 Å². The molecule has 0 atom stereocenters. The van der Waals surface area contributed by atoms with Gasteiger partial charge in [0, 0.05) is 32.5 Å². The Kier molecular flexibility index (Phi) is 5.68. The summed E-state index contributed by atoms with van der Waals surface area (Å²) in [6, 6.07) is 2.09. The number of nitrogens with one attached hydrogen (secondary N) is 1. The van der Waals surface area contributed by atoms with Crippen LogP contribution in [0.1, 0.15) is 38.3 Å². The van der Waals surface area contributed by atoms with Crippen LogP contribution in [0.25, 0.3) is 0 Å². The van der Waals surface area contributed by atoms with Gasteiger partial charge in [-0.3, -0.25) is 4.68 Å². The second-order valence-corrected chi connectivity index (χ2v) is 5.09. The van der Waals surface area contributed by atoms with Gasteiger partial charge in [-0.1, -0.05) is 6.92 Å². The van der Waals surface area contributed by atoms with Gasteiger partial charge in [-0.25, -0.2) is 0 Å². The number of aromatic nitrogens is 2. The molecule has 1 fully saturated rings. The molecule has 102 valence electrons. The van der Waals surface area contributed by atoms with E-state index < -0.39 is 0 Å². The first-order valence-corrected chi connectivity index (χ1v) is 7.19. The van der Waals surface area contributed by atoms with Crippen LogP contribution in [-0.2, 0) is 17.8 Å². The first-order valence-electron chi connectivity index (χ1n) is 7.19. The van der Waals surface area contributed by atoms with Crippen LogP contribution < -0.4 is 5.32 Å². The fraction of sp³-hybridized carbons (Fsp3) is 0.786. The zero-order valence-corrected chi connectivity index (χ0v) is 11.4. The summed E-state index contributed by atoms with van der Waals surface area (Å²) in [5, 5.41) is 7.76. The Labute approximate surface area is 110 Å². The van der Waals surface area contributed by atoms with Gasteiger partial charge < -0.3 is 10.1 Å². The second kappa shape index (κ2) is 7.54. The highest BCUT2D eigenvalue weighted by atomic mass is 16.5. The lowest BCUT2D eigenvalue weighted by Crippen LogP contribution is -2.19. The number of ether oxygens (including phenoxy) is 1. The molecule has 18 heavy (non-hydrogen) atoms. The van der Waals surface area contributed by atoms with E-state index in [4.69, 9.17) is 4.74 Å². The van der Waals surface area contributed by atoms with Crippen LogP contribution in [0.15, 0.2) is 12.3 Å². The van der Waals surface area contributed by atoms with E-state index in [0.717, 1.165) is 51.6 Å². The van der Waals surface area contributed by atoms with Gasteiger partial charge in [0.1, 0.15) is 0 Å². The average molecular weight is 251 g/mol. The van der Waals surface area contributed by atoms with E-state index in [2.05, 4.69) is 28.1 Å².